The fourth-order valence-corrected chi connectivity index (χ4v) is 3.96. The van der Waals surface area contributed by atoms with Crippen molar-refractivity contribution in [2.24, 2.45) is 0 Å². The highest BCUT2D eigenvalue weighted by Gasteiger charge is 2.14. The van der Waals surface area contributed by atoms with Crippen molar-refractivity contribution >= 4 is 47.8 Å². The summed E-state index contributed by atoms with van der Waals surface area (Å²) < 4.78 is 10.1. The van der Waals surface area contributed by atoms with E-state index < -0.39 is 0 Å². The Bertz CT molecular complexity index is 626. The maximum atomic E-state index is 5.94. The number of alkyl halides is 1. The van der Waals surface area contributed by atoms with Crippen LogP contribution in [0, 0.1) is 0 Å². The molecule has 0 spiro atoms. The third-order valence-electron chi connectivity index (χ3n) is 3.23. The summed E-state index contributed by atoms with van der Waals surface area (Å²) in [5.41, 5.74) is 3.33. The molecule has 3 nitrogen and oxygen atoms in total. The van der Waals surface area contributed by atoms with Crippen LogP contribution >= 0.6 is 47.8 Å². The Hall–Kier alpha value is -0.330. The van der Waals surface area contributed by atoms with Crippen LogP contribution < -0.4 is 4.74 Å². The molecule has 0 aliphatic rings. The van der Waals surface area contributed by atoms with Crippen LogP contribution in [-0.2, 0) is 24.9 Å². The monoisotopic (exact) mass is 478 g/mol. The Morgan fingerprint density at radius 1 is 1.24 bits per heavy atom. The molecule has 0 atom stereocenters. The minimum atomic E-state index is 0.505. The molecule has 0 aliphatic heterocycles. The maximum Gasteiger partial charge on any atom is 0.131 e. The molecule has 0 saturated carbocycles. The minimum Gasteiger partial charge on any atom is -0.487 e. The third-order valence-corrected chi connectivity index (χ3v) is 5.52. The Morgan fingerprint density at radius 3 is 2.62 bits per heavy atom. The topological polar surface area (TPSA) is 27.1 Å². The standard InChI is InChI=1S/C15H17Br3N2O/c1-3-13-15(18)14(20(4-2)19-13)9-21-11-5-6-12(17)10(7-11)8-16/h5-7H,3-4,8-9H2,1-2H3. The van der Waals surface area contributed by atoms with Gasteiger partial charge in [-0.25, -0.2) is 0 Å². The van der Waals surface area contributed by atoms with Gasteiger partial charge in [-0.2, -0.15) is 5.10 Å². The first-order chi connectivity index (χ1) is 10.1. The first-order valence-corrected chi connectivity index (χ1v) is 9.52. The lowest BCUT2D eigenvalue weighted by Gasteiger charge is -2.10. The van der Waals surface area contributed by atoms with Gasteiger partial charge in [0.05, 0.1) is 15.9 Å². The molecular weight excluding hydrogens is 464 g/mol. The van der Waals surface area contributed by atoms with Gasteiger partial charge >= 0.3 is 0 Å². The Labute approximate surface area is 150 Å². The number of rotatable bonds is 6. The lowest BCUT2D eigenvalue weighted by molar-refractivity contribution is 0.291. The van der Waals surface area contributed by atoms with E-state index in [4.69, 9.17) is 4.74 Å². The van der Waals surface area contributed by atoms with Crippen LogP contribution in [0.15, 0.2) is 27.1 Å². The van der Waals surface area contributed by atoms with Crippen molar-refractivity contribution in [3.63, 3.8) is 0 Å². The van der Waals surface area contributed by atoms with Gasteiger partial charge in [0, 0.05) is 16.3 Å². The van der Waals surface area contributed by atoms with Crippen LogP contribution in [-0.4, -0.2) is 9.78 Å². The van der Waals surface area contributed by atoms with E-state index >= 15 is 0 Å². The molecule has 0 fully saturated rings. The molecule has 0 amide bonds. The van der Waals surface area contributed by atoms with Gasteiger partial charge in [-0.3, -0.25) is 4.68 Å². The molecule has 1 heterocycles. The number of aromatic nitrogens is 2. The van der Waals surface area contributed by atoms with Crippen molar-refractivity contribution in [1.29, 1.82) is 0 Å². The summed E-state index contributed by atoms with van der Waals surface area (Å²) in [6, 6.07) is 6.02. The molecule has 6 heteroatoms. The molecule has 2 aromatic rings. The van der Waals surface area contributed by atoms with E-state index in [1.165, 1.54) is 5.56 Å². The van der Waals surface area contributed by atoms with E-state index in [1.807, 2.05) is 22.9 Å². The summed E-state index contributed by atoms with van der Waals surface area (Å²) in [5, 5.41) is 5.37. The predicted octanol–water partition coefficient (Wildman–Crippen LogP) is 5.46. The summed E-state index contributed by atoms with van der Waals surface area (Å²) in [5.74, 6) is 0.862. The van der Waals surface area contributed by atoms with Gasteiger partial charge in [0.2, 0.25) is 0 Å². The van der Waals surface area contributed by atoms with Crippen LogP contribution in [0.25, 0.3) is 0 Å². The zero-order valence-corrected chi connectivity index (χ0v) is 16.8. The van der Waals surface area contributed by atoms with Gasteiger partial charge in [-0.1, -0.05) is 38.8 Å². The van der Waals surface area contributed by atoms with Gasteiger partial charge in [0.1, 0.15) is 12.4 Å². The van der Waals surface area contributed by atoms with Crippen LogP contribution in [0.1, 0.15) is 30.8 Å². The number of halogens is 3. The minimum absolute atomic E-state index is 0.505. The van der Waals surface area contributed by atoms with Crippen molar-refractivity contribution in [2.75, 3.05) is 0 Å². The van der Waals surface area contributed by atoms with Gasteiger partial charge in [0.25, 0.3) is 0 Å². The largest absolute Gasteiger partial charge is 0.487 e. The molecule has 0 saturated heterocycles. The SMILES string of the molecule is CCc1nn(CC)c(COc2ccc(Br)c(CBr)c2)c1Br. The van der Waals surface area contributed by atoms with E-state index in [1.54, 1.807) is 0 Å². The smallest absolute Gasteiger partial charge is 0.131 e. The Kier molecular flexibility index (Phi) is 6.32. The second kappa shape index (κ2) is 7.79. The van der Waals surface area contributed by atoms with E-state index in [9.17, 15) is 0 Å². The molecule has 1 aromatic heterocycles. The van der Waals surface area contributed by atoms with E-state index in [2.05, 4.69) is 66.7 Å². The van der Waals surface area contributed by atoms with Crippen LogP contribution in [0.3, 0.4) is 0 Å². The van der Waals surface area contributed by atoms with Crippen LogP contribution in [0.5, 0.6) is 5.75 Å². The summed E-state index contributed by atoms with van der Waals surface area (Å²) in [6.45, 7) is 5.54. The third kappa shape index (κ3) is 3.90. The van der Waals surface area contributed by atoms with Gasteiger partial charge in [0.15, 0.2) is 0 Å². The highest BCUT2D eigenvalue weighted by Crippen LogP contribution is 2.27. The Balaban J connectivity index is 2.18. The zero-order chi connectivity index (χ0) is 15.4. The van der Waals surface area contributed by atoms with E-state index in [-0.39, 0.29) is 0 Å². The van der Waals surface area contributed by atoms with Crippen LogP contribution in [0.2, 0.25) is 0 Å². The van der Waals surface area contributed by atoms with Crippen molar-refractivity contribution in [1.82, 2.24) is 9.78 Å². The molecule has 1 aromatic carbocycles. The molecule has 21 heavy (non-hydrogen) atoms. The molecule has 0 radical (unpaired) electrons. The molecule has 0 aliphatic carbocycles. The average molecular weight is 481 g/mol. The quantitative estimate of drug-likeness (QED) is 0.513. The van der Waals surface area contributed by atoms with Crippen LogP contribution in [0.4, 0.5) is 0 Å². The van der Waals surface area contributed by atoms with E-state index in [0.29, 0.717) is 6.61 Å². The maximum absolute atomic E-state index is 5.94. The molecule has 0 bridgehead atoms. The highest BCUT2D eigenvalue weighted by molar-refractivity contribution is 9.11. The number of ether oxygens (including phenoxy) is 1. The lowest BCUT2D eigenvalue weighted by atomic mass is 10.2. The normalized spacial score (nSPS) is 10.9. The van der Waals surface area contributed by atoms with Crippen molar-refractivity contribution in [3.05, 3.63) is 44.1 Å². The number of nitrogens with zero attached hydrogens (tertiary/aromatic N) is 2. The van der Waals surface area contributed by atoms with Gasteiger partial charge in [-0.15, -0.1) is 0 Å². The first-order valence-electron chi connectivity index (χ1n) is 6.81. The lowest BCUT2D eigenvalue weighted by Crippen LogP contribution is -2.06. The number of benzene rings is 1. The molecule has 0 N–H and O–H groups in total. The fourth-order valence-electron chi connectivity index (χ4n) is 2.05. The fraction of sp³-hybridized carbons (Fsp3) is 0.400. The van der Waals surface area contributed by atoms with Crippen molar-refractivity contribution in [3.8, 4) is 5.75 Å². The van der Waals surface area contributed by atoms with Gasteiger partial charge < -0.3 is 4.74 Å². The summed E-state index contributed by atoms with van der Waals surface area (Å²) >= 11 is 10.6. The molecule has 2 rings (SSSR count). The molecule has 114 valence electrons. The summed E-state index contributed by atoms with van der Waals surface area (Å²) in [7, 11) is 0. The summed E-state index contributed by atoms with van der Waals surface area (Å²) in [4.78, 5) is 0. The average Bonchev–Trinajstić information content (AvgIpc) is 2.82. The summed E-state index contributed by atoms with van der Waals surface area (Å²) in [6.07, 6.45) is 0.909. The number of aryl methyl sites for hydroxylation is 2. The zero-order valence-electron chi connectivity index (χ0n) is 12.0. The van der Waals surface area contributed by atoms with Gasteiger partial charge in [-0.05, 0) is 53.0 Å². The second-order valence-corrected chi connectivity index (χ2v) is 6.76. The van der Waals surface area contributed by atoms with Crippen molar-refractivity contribution < 1.29 is 4.74 Å². The molecular formula is C15H17Br3N2O. The second-order valence-electron chi connectivity index (χ2n) is 4.55. The number of hydrogen-bond donors (Lipinski definition) is 0. The van der Waals surface area contributed by atoms with Crippen molar-refractivity contribution in [2.45, 2.75) is 38.8 Å². The van der Waals surface area contributed by atoms with E-state index in [0.717, 1.165) is 44.4 Å². The first kappa shape index (κ1) is 17.0. The highest BCUT2D eigenvalue weighted by atomic mass is 79.9. The molecule has 0 unspecified atom stereocenters. The predicted molar refractivity (Wildman–Crippen MR) is 96.1 cm³/mol. The Morgan fingerprint density at radius 2 is 2.00 bits per heavy atom. The number of hydrogen-bond acceptors (Lipinski definition) is 2.